The quantitative estimate of drug-likeness (QED) is 0.730. The SMILES string of the molecule is Clc1ccc(C2=C(OCCCN3CCCCC3)N=NC2)cc1. The molecule has 118 valence electrons. The lowest BCUT2D eigenvalue weighted by Crippen LogP contribution is -2.31. The van der Waals surface area contributed by atoms with Crippen molar-refractivity contribution < 1.29 is 4.74 Å². The minimum absolute atomic E-state index is 0.586. The van der Waals surface area contributed by atoms with Gasteiger partial charge < -0.3 is 9.64 Å². The van der Waals surface area contributed by atoms with Crippen molar-refractivity contribution in [1.82, 2.24) is 4.90 Å². The van der Waals surface area contributed by atoms with Crippen molar-refractivity contribution in [2.75, 3.05) is 32.8 Å². The van der Waals surface area contributed by atoms with Gasteiger partial charge in [0.25, 0.3) is 0 Å². The molecule has 0 saturated carbocycles. The zero-order valence-electron chi connectivity index (χ0n) is 12.8. The van der Waals surface area contributed by atoms with Gasteiger partial charge >= 0.3 is 0 Å². The van der Waals surface area contributed by atoms with Crippen LogP contribution in [0.15, 0.2) is 40.4 Å². The standard InChI is InChI=1S/C17H22ClN3O/c18-15-7-5-14(6-8-15)16-13-19-20-17(16)22-12-4-11-21-9-2-1-3-10-21/h5-8H,1-4,9-13H2. The average molecular weight is 320 g/mol. The molecule has 1 aromatic rings. The molecule has 2 aliphatic rings. The maximum Gasteiger partial charge on any atom is 0.238 e. The molecule has 4 nitrogen and oxygen atoms in total. The number of azo groups is 1. The molecule has 0 unspecified atom stereocenters. The van der Waals surface area contributed by atoms with Gasteiger partial charge in [-0.05, 0) is 50.0 Å². The van der Waals surface area contributed by atoms with Gasteiger partial charge in [0.15, 0.2) is 0 Å². The molecule has 1 saturated heterocycles. The van der Waals surface area contributed by atoms with E-state index in [1.807, 2.05) is 24.3 Å². The lowest BCUT2D eigenvalue weighted by Gasteiger charge is -2.26. The van der Waals surface area contributed by atoms with E-state index in [-0.39, 0.29) is 0 Å². The molecule has 0 aliphatic carbocycles. The molecular weight excluding hydrogens is 298 g/mol. The molecule has 0 amide bonds. The van der Waals surface area contributed by atoms with Gasteiger partial charge in [-0.2, -0.15) is 5.11 Å². The molecule has 0 N–H and O–H groups in total. The van der Waals surface area contributed by atoms with Crippen LogP contribution in [0, 0.1) is 0 Å². The Bertz CT molecular complexity index is 548. The summed E-state index contributed by atoms with van der Waals surface area (Å²) in [7, 11) is 0. The van der Waals surface area contributed by atoms with Gasteiger partial charge in [-0.1, -0.05) is 30.2 Å². The smallest absolute Gasteiger partial charge is 0.238 e. The fourth-order valence-corrected chi connectivity index (χ4v) is 3.05. The van der Waals surface area contributed by atoms with Crippen LogP contribution in [0.25, 0.3) is 5.57 Å². The monoisotopic (exact) mass is 319 g/mol. The van der Waals surface area contributed by atoms with Crippen molar-refractivity contribution >= 4 is 17.2 Å². The Morgan fingerprint density at radius 1 is 1.09 bits per heavy atom. The van der Waals surface area contributed by atoms with Crippen molar-refractivity contribution in [3.8, 4) is 0 Å². The van der Waals surface area contributed by atoms with E-state index in [0.29, 0.717) is 19.0 Å². The number of hydrogen-bond donors (Lipinski definition) is 0. The fourth-order valence-electron chi connectivity index (χ4n) is 2.92. The van der Waals surface area contributed by atoms with Gasteiger partial charge in [0.1, 0.15) is 0 Å². The number of benzene rings is 1. The summed E-state index contributed by atoms with van der Waals surface area (Å²) in [6, 6.07) is 7.75. The number of piperidine rings is 1. The van der Waals surface area contributed by atoms with E-state index in [4.69, 9.17) is 16.3 Å². The zero-order valence-corrected chi connectivity index (χ0v) is 13.6. The van der Waals surface area contributed by atoms with Gasteiger partial charge in [-0.25, -0.2) is 0 Å². The molecule has 22 heavy (non-hydrogen) atoms. The summed E-state index contributed by atoms with van der Waals surface area (Å²) >= 11 is 5.93. The third kappa shape index (κ3) is 4.08. The predicted octanol–water partition coefficient (Wildman–Crippen LogP) is 4.37. The molecule has 2 aliphatic heterocycles. The van der Waals surface area contributed by atoms with Gasteiger partial charge in [0.05, 0.1) is 13.2 Å². The Morgan fingerprint density at radius 2 is 1.86 bits per heavy atom. The normalized spacial score (nSPS) is 19.0. The average Bonchev–Trinajstić information content (AvgIpc) is 3.02. The summed E-state index contributed by atoms with van der Waals surface area (Å²) < 4.78 is 5.85. The zero-order chi connectivity index (χ0) is 15.2. The summed E-state index contributed by atoms with van der Waals surface area (Å²) in [6.45, 7) is 4.86. The number of hydrogen-bond acceptors (Lipinski definition) is 4. The van der Waals surface area contributed by atoms with Crippen molar-refractivity contribution in [2.24, 2.45) is 10.2 Å². The highest BCUT2D eigenvalue weighted by atomic mass is 35.5. The third-order valence-corrected chi connectivity index (χ3v) is 4.40. The molecule has 3 rings (SSSR count). The summed E-state index contributed by atoms with van der Waals surface area (Å²) in [5.41, 5.74) is 2.13. The molecule has 0 atom stereocenters. The van der Waals surface area contributed by atoms with E-state index in [0.717, 1.165) is 29.1 Å². The summed E-state index contributed by atoms with van der Waals surface area (Å²) in [5, 5.41) is 8.97. The Balaban J connectivity index is 1.50. The Hall–Kier alpha value is -1.39. The predicted molar refractivity (Wildman–Crippen MR) is 89.0 cm³/mol. The van der Waals surface area contributed by atoms with Crippen molar-refractivity contribution in [2.45, 2.75) is 25.7 Å². The Morgan fingerprint density at radius 3 is 2.64 bits per heavy atom. The summed E-state index contributed by atoms with van der Waals surface area (Å²) in [4.78, 5) is 2.53. The number of likely N-dealkylation sites (tertiary alicyclic amines) is 1. The van der Waals surface area contributed by atoms with Crippen LogP contribution in [0.5, 0.6) is 0 Å². The Labute approximate surface area is 136 Å². The lowest BCUT2D eigenvalue weighted by atomic mass is 10.1. The topological polar surface area (TPSA) is 37.2 Å². The van der Waals surface area contributed by atoms with Crippen LogP contribution in [0.3, 0.4) is 0 Å². The largest absolute Gasteiger partial charge is 0.476 e. The molecule has 1 fully saturated rings. The van der Waals surface area contributed by atoms with Crippen molar-refractivity contribution in [3.63, 3.8) is 0 Å². The number of nitrogens with zero attached hydrogens (tertiary/aromatic N) is 3. The first-order chi connectivity index (χ1) is 10.8. The van der Waals surface area contributed by atoms with E-state index in [1.54, 1.807) is 0 Å². The molecule has 5 heteroatoms. The van der Waals surface area contributed by atoms with Crippen LogP contribution in [-0.4, -0.2) is 37.7 Å². The van der Waals surface area contributed by atoms with E-state index >= 15 is 0 Å². The first kappa shape index (κ1) is 15.5. The van der Waals surface area contributed by atoms with Crippen molar-refractivity contribution in [3.05, 3.63) is 40.7 Å². The second-order valence-electron chi connectivity index (χ2n) is 5.79. The third-order valence-electron chi connectivity index (χ3n) is 4.15. The highest BCUT2D eigenvalue weighted by molar-refractivity contribution is 6.30. The molecule has 0 bridgehead atoms. The second kappa shape index (κ2) is 7.75. The molecule has 0 radical (unpaired) electrons. The summed E-state index contributed by atoms with van der Waals surface area (Å²) in [6.07, 6.45) is 5.08. The van der Waals surface area contributed by atoms with Crippen LogP contribution in [0.4, 0.5) is 0 Å². The van der Waals surface area contributed by atoms with Crippen LogP contribution < -0.4 is 0 Å². The molecule has 0 spiro atoms. The van der Waals surface area contributed by atoms with Gasteiger partial charge in [-0.15, -0.1) is 5.11 Å². The van der Waals surface area contributed by atoms with Crippen LogP contribution in [0.2, 0.25) is 5.02 Å². The maximum absolute atomic E-state index is 5.93. The second-order valence-corrected chi connectivity index (χ2v) is 6.23. The maximum atomic E-state index is 5.93. The van der Waals surface area contributed by atoms with Crippen molar-refractivity contribution in [1.29, 1.82) is 0 Å². The highest BCUT2D eigenvalue weighted by Crippen LogP contribution is 2.27. The molecular formula is C17H22ClN3O. The fraction of sp³-hybridized carbons (Fsp3) is 0.529. The Kier molecular flexibility index (Phi) is 5.46. The van der Waals surface area contributed by atoms with Crippen LogP contribution in [-0.2, 0) is 4.74 Å². The van der Waals surface area contributed by atoms with E-state index < -0.39 is 0 Å². The first-order valence-corrected chi connectivity index (χ1v) is 8.42. The van der Waals surface area contributed by atoms with E-state index in [2.05, 4.69) is 15.1 Å². The molecule has 2 heterocycles. The summed E-state index contributed by atoms with van der Waals surface area (Å²) in [5.74, 6) is 0.668. The van der Waals surface area contributed by atoms with Gasteiger partial charge in [0, 0.05) is 17.1 Å². The first-order valence-electron chi connectivity index (χ1n) is 8.05. The minimum Gasteiger partial charge on any atom is -0.476 e. The van der Waals surface area contributed by atoms with Crippen LogP contribution >= 0.6 is 11.6 Å². The number of ether oxygens (including phenoxy) is 1. The highest BCUT2D eigenvalue weighted by Gasteiger charge is 2.16. The number of rotatable bonds is 6. The number of halogens is 1. The van der Waals surface area contributed by atoms with Crippen LogP contribution in [0.1, 0.15) is 31.2 Å². The van der Waals surface area contributed by atoms with E-state index in [1.165, 1.54) is 32.4 Å². The lowest BCUT2D eigenvalue weighted by molar-refractivity contribution is 0.169. The minimum atomic E-state index is 0.586. The molecule has 0 aromatic heterocycles. The van der Waals surface area contributed by atoms with E-state index in [9.17, 15) is 0 Å². The van der Waals surface area contributed by atoms with Gasteiger partial charge in [-0.3, -0.25) is 0 Å². The van der Waals surface area contributed by atoms with Gasteiger partial charge in [0.2, 0.25) is 5.88 Å². The molecule has 1 aromatic carbocycles.